The molecule has 0 bridgehead atoms. The van der Waals surface area contributed by atoms with Crippen molar-refractivity contribution in [2.24, 2.45) is 0 Å². The maximum atomic E-state index is 9.58. The molecule has 0 amide bonds. The summed E-state index contributed by atoms with van der Waals surface area (Å²) in [6, 6.07) is 13.7. The van der Waals surface area contributed by atoms with Crippen LogP contribution in [0, 0.1) is 12.3 Å². The van der Waals surface area contributed by atoms with Crippen molar-refractivity contribution < 1.29 is 15.3 Å². The smallest absolute Gasteiger partial charge is 0.179 e. The van der Waals surface area contributed by atoms with Crippen LogP contribution < -0.4 is 0 Å². The van der Waals surface area contributed by atoms with Gasteiger partial charge in [0.25, 0.3) is 0 Å². The molecule has 3 rings (SSSR count). The molecule has 0 aliphatic heterocycles. The molecule has 2 aliphatic carbocycles. The molecule has 3 N–H and O–H groups in total. The maximum absolute atomic E-state index is 9.58. The van der Waals surface area contributed by atoms with Crippen molar-refractivity contribution >= 4 is 0 Å². The van der Waals surface area contributed by atoms with Crippen LogP contribution in [0.15, 0.2) is 42.5 Å². The summed E-state index contributed by atoms with van der Waals surface area (Å²) in [4.78, 5) is 0. The van der Waals surface area contributed by atoms with Crippen LogP contribution in [-0.4, -0.2) is 20.9 Å². The van der Waals surface area contributed by atoms with Gasteiger partial charge >= 0.3 is 0 Å². The first kappa shape index (κ1) is 20.2. The Kier molecular flexibility index (Phi) is 6.99. The van der Waals surface area contributed by atoms with Crippen molar-refractivity contribution in [2.45, 2.75) is 57.8 Å². The second-order valence-corrected chi connectivity index (χ2v) is 7.39. The number of benzene rings is 2. The molecule has 0 radical (unpaired) electrons. The van der Waals surface area contributed by atoms with Crippen LogP contribution in [0.25, 0.3) is 11.1 Å². The van der Waals surface area contributed by atoms with Gasteiger partial charge in [-0.3, -0.25) is 0 Å². The SMILES string of the molecule is C#Cc1cccc(CCCCCC(C)(C)O)c1.OC(O)c1ccc2cc1-2. The molecule has 2 aliphatic rings. The molecule has 138 valence electrons. The van der Waals surface area contributed by atoms with Crippen molar-refractivity contribution in [2.75, 3.05) is 0 Å². The van der Waals surface area contributed by atoms with Crippen molar-refractivity contribution in [3.63, 3.8) is 0 Å². The largest absolute Gasteiger partial charge is 0.390 e. The van der Waals surface area contributed by atoms with Crippen molar-refractivity contribution in [3.8, 4) is 23.5 Å². The van der Waals surface area contributed by atoms with Gasteiger partial charge in [0.15, 0.2) is 6.29 Å². The van der Waals surface area contributed by atoms with E-state index in [1.807, 2.05) is 38.1 Å². The summed E-state index contributed by atoms with van der Waals surface area (Å²) in [5.41, 5.74) is 4.51. The number of hydrogen-bond donors (Lipinski definition) is 3. The monoisotopic (exact) mass is 352 g/mol. The number of unbranched alkanes of at least 4 members (excludes halogenated alkanes) is 2. The number of fused-ring (bicyclic) bond motifs is 1. The zero-order valence-electron chi connectivity index (χ0n) is 15.6. The summed E-state index contributed by atoms with van der Waals surface area (Å²) < 4.78 is 0. The van der Waals surface area contributed by atoms with Gasteiger partial charge in [-0.25, -0.2) is 0 Å². The van der Waals surface area contributed by atoms with E-state index < -0.39 is 11.9 Å². The Bertz CT molecular complexity index is 764. The number of rotatable bonds is 7. The predicted molar refractivity (Wildman–Crippen MR) is 105 cm³/mol. The number of terminal acetylenes is 1. The Morgan fingerprint density at radius 2 is 1.81 bits per heavy atom. The fraction of sp³-hybridized carbons (Fsp3) is 0.391. The molecular formula is C23H28O3. The lowest BCUT2D eigenvalue weighted by molar-refractivity contribution is -0.0416. The third kappa shape index (κ3) is 6.65. The minimum absolute atomic E-state index is 0.524. The molecule has 0 heterocycles. The summed E-state index contributed by atoms with van der Waals surface area (Å²) in [6.07, 6.45) is 9.41. The second kappa shape index (κ2) is 9.00. The van der Waals surface area contributed by atoms with Crippen LogP contribution in [0.1, 0.15) is 62.5 Å². The molecule has 0 saturated carbocycles. The standard InChI is InChI=1S/C16H22O.C7H6O2/c1-4-14-10-8-11-15(13-14)9-6-5-7-12-16(2,3)17;8-7(9)5-2-1-4-3-6(4)5/h1,8,10-11,13,17H,5-7,9,12H2,2-3H3;1-3,7-9H. The summed E-state index contributed by atoms with van der Waals surface area (Å²) in [7, 11) is 0. The molecule has 0 aromatic heterocycles. The van der Waals surface area contributed by atoms with Crippen LogP contribution in [0.4, 0.5) is 0 Å². The van der Waals surface area contributed by atoms with Gasteiger partial charge in [0.05, 0.1) is 5.60 Å². The summed E-state index contributed by atoms with van der Waals surface area (Å²) in [5.74, 6) is 2.66. The lowest BCUT2D eigenvalue weighted by Gasteiger charge is -2.16. The van der Waals surface area contributed by atoms with E-state index in [9.17, 15) is 5.11 Å². The third-order valence-corrected chi connectivity index (χ3v) is 4.41. The molecule has 0 atom stereocenters. The van der Waals surface area contributed by atoms with E-state index in [-0.39, 0.29) is 0 Å². The molecule has 1 aromatic carbocycles. The lowest BCUT2D eigenvalue weighted by atomic mass is 9.99. The van der Waals surface area contributed by atoms with Crippen LogP contribution >= 0.6 is 0 Å². The molecule has 0 spiro atoms. The maximum Gasteiger partial charge on any atom is 0.179 e. The van der Waals surface area contributed by atoms with Gasteiger partial charge in [-0.1, -0.05) is 43.0 Å². The van der Waals surface area contributed by atoms with Gasteiger partial charge in [0.2, 0.25) is 0 Å². The third-order valence-electron chi connectivity index (χ3n) is 4.41. The Balaban J connectivity index is 0.000000223. The van der Waals surface area contributed by atoms with Crippen LogP contribution in [0.2, 0.25) is 0 Å². The molecule has 1 aromatic rings. The van der Waals surface area contributed by atoms with E-state index >= 15 is 0 Å². The molecule has 0 saturated heterocycles. The highest BCUT2D eigenvalue weighted by Crippen LogP contribution is 2.40. The van der Waals surface area contributed by atoms with Gasteiger partial charge < -0.3 is 15.3 Å². The van der Waals surface area contributed by atoms with E-state index in [0.29, 0.717) is 5.56 Å². The minimum Gasteiger partial charge on any atom is -0.390 e. The highest BCUT2D eigenvalue weighted by atomic mass is 16.5. The van der Waals surface area contributed by atoms with Gasteiger partial charge in [-0.15, -0.1) is 6.42 Å². The Morgan fingerprint density at radius 1 is 1.04 bits per heavy atom. The van der Waals surface area contributed by atoms with Crippen LogP contribution in [0.5, 0.6) is 0 Å². The van der Waals surface area contributed by atoms with Crippen molar-refractivity contribution in [3.05, 3.63) is 59.2 Å². The summed E-state index contributed by atoms with van der Waals surface area (Å²) in [5, 5.41) is 26.9. The number of hydrogen-bond acceptors (Lipinski definition) is 3. The van der Waals surface area contributed by atoms with Gasteiger partial charge in [0.1, 0.15) is 0 Å². The summed E-state index contributed by atoms with van der Waals surface area (Å²) >= 11 is 0. The fourth-order valence-electron chi connectivity index (χ4n) is 2.88. The first-order chi connectivity index (χ1) is 12.3. The lowest BCUT2D eigenvalue weighted by Crippen LogP contribution is -2.17. The number of aliphatic hydroxyl groups is 3. The summed E-state index contributed by atoms with van der Waals surface area (Å²) in [6.45, 7) is 3.73. The Hall–Kier alpha value is -2.12. The molecular weight excluding hydrogens is 324 g/mol. The van der Waals surface area contributed by atoms with E-state index in [1.165, 1.54) is 5.56 Å². The quantitative estimate of drug-likeness (QED) is 0.339. The van der Waals surface area contributed by atoms with E-state index in [2.05, 4.69) is 18.1 Å². The van der Waals surface area contributed by atoms with Gasteiger partial charge in [-0.2, -0.15) is 0 Å². The second-order valence-electron chi connectivity index (χ2n) is 7.39. The molecule has 26 heavy (non-hydrogen) atoms. The van der Waals surface area contributed by atoms with E-state index in [4.69, 9.17) is 16.6 Å². The van der Waals surface area contributed by atoms with Gasteiger partial charge in [-0.05, 0) is 68.0 Å². The Labute approximate surface area is 156 Å². The average molecular weight is 352 g/mol. The highest BCUT2D eigenvalue weighted by Gasteiger charge is 2.20. The zero-order valence-corrected chi connectivity index (χ0v) is 15.6. The molecule has 3 nitrogen and oxygen atoms in total. The normalized spacial score (nSPS) is 11.6. The minimum atomic E-state index is -1.30. The molecule has 0 fully saturated rings. The van der Waals surface area contributed by atoms with Crippen LogP contribution in [-0.2, 0) is 6.42 Å². The van der Waals surface area contributed by atoms with Crippen LogP contribution in [0.3, 0.4) is 0 Å². The first-order valence-electron chi connectivity index (χ1n) is 9.08. The van der Waals surface area contributed by atoms with Gasteiger partial charge in [0, 0.05) is 11.1 Å². The highest BCUT2D eigenvalue weighted by molar-refractivity contribution is 5.84. The average Bonchev–Trinajstić information content (AvgIpc) is 3.23. The Morgan fingerprint density at radius 3 is 2.31 bits per heavy atom. The van der Waals surface area contributed by atoms with E-state index in [1.54, 1.807) is 6.07 Å². The zero-order chi connectivity index (χ0) is 19.2. The number of aryl methyl sites for hydroxylation is 1. The van der Waals surface area contributed by atoms with Crippen molar-refractivity contribution in [1.82, 2.24) is 0 Å². The topological polar surface area (TPSA) is 60.7 Å². The fourth-order valence-corrected chi connectivity index (χ4v) is 2.88. The molecule has 0 unspecified atom stereocenters. The first-order valence-corrected chi connectivity index (χ1v) is 9.08. The number of aliphatic hydroxyl groups excluding tert-OH is 1. The van der Waals surface area contributed by atoms with Crippen molar-refractivity contribution in [1.29, 1.82) is 0 Å². The molecule has 3 heteroatoms. The predicted octanol–water partition coefficient (Wildman–Crippen LogP) is 4.19. The van der Waals surface area contributed by atoms with E-state index in [0.717, 1.165) is 48.8 Å².